The lowest BCUT2D eigenvalue weighted by atomic mass is 10.0. The van der Waals surface area contributed by atoms with Crippen LogP contribution in [0.25, 0.3) is 0 Å². The molecule has 2 aliphatic heterocycles. The summed E-state index contributed by atoms with van der Waals surface area (Å²) in [5.74, 6) is 1.37. The summed E-state index contributed by atoms with van der Waals surface area (Å²) in [6.45, 7) is 5.47. The van der Waals surface area contributed by atoms with Crippen molar-refractivity contribution in [2.24, 2.45) is 5.92 Å². The molecule has 120 valence electrons. The minimum Gasteiger partial charge on any atom is -0.378 e. The van der Waals surface area contributed by atoms with Crippen LogP contribution in [-0.2, 0) is 0 Å². The number of hydrogen-bond donors (Lipinski definition) is 1. The maximum absolute atomic E-state index is 11.4. The van der Waals surface area contributed by atoms with Crippen LogP contribution in [0.2, 0.25) is 0 Å². The average molecular weight is 306 g/mol. The van der Waals surface area contributed by atoms with Crippen LogP contribution in [0.4, 0.5) is 23.3 Å². The normalized spacial score (nSPS) is 22.1. The van der Waals surface area contributed by atoms with Crippen molar-refractivity contribution in [1.82, 2.24) is 9.97 Å². The van der Waals surface area contributed by atoms with Crippen LogP contribution in [0.3, 0.4) is 0 Å². The van der Waals surface area contributed by atoms with E-state index in [1.807, 2.05) is 4.90 Å². The summed E-state index contributed by atoms with van der Waals surface area (Å²) < 4.78 is 0. The monoisotopic (exact) mass is 306 g/mol. The molecule has 0 spiro atoms. The number of aromatic nitrogens is 2. The molecule has 8 heteroatoms. The highest BCUT2D eigenvalue weighted by Crippen LogP contribution is 2.35. The van der Waals surface area contributed by atoms with Crippen LogP contribution in [-0.4, -0.2) is 41.1 Å². The van der Waals surface area contributed by atoms with Gasteiger partial charge in [0.1, 0.15) is 0 Å². The maximum Gasteiger partial charge on any atom is 0.353 e. The Balaban J connectivity index is 2.01. The van der Waals surface area contributed by atoms with Crippen LogP contribution in [0.15, 0.2) is 0 Å². The van der Waals surface area contributed by atoms with Crippen molar-refractivity contribution in [3.8, 4) is 0 Å². The molecule has 0 saturated carbocycles. The largest absolute Gasteiger partial charge is 0.378 e. The van der Waals surface area contributed by atoms with Crippen molar-refractivity contribution < 1.29 is 4.92 Å². The van der Waals surface area contributed by atoms with Gasteiger partial charge in [-0.3, -0.25) is 10.1 Å². The molecule has 1 aromatic heterocycles. The molecule has 0 bridgehead atoms. The van der Waals surface area contributed by atoms with Crippen LogP contribution < -0.4 is 15.5 Å². The lowest BCUT2D eigenvalue weighted by molar-refractivity contribution is -0.383. The van der Waals surface area contributed by atoms with Crippen LogP contribution >= 0.6 is 0 Å². The number of nitrogens with two attached hydrogens (primary N) is 1. The van der Waals surface area contributed by atoms with E-state index in [2.05, 4.69) is 21.8 Å². The predicted molar refractivity (Wildman–Crippen MR) is 85.2 cm³/mol. The number of piperidine rings is 1. The second-order valence-corrected chi connectivity index (χ2v) is 6.23. The van der Waals surface area contributed by atoms with Crippen LogP contribution in [0.5, 0.6) is 0 Å². The molecular weight excluding hydrogens is 284 g/mol. The van der Waals surface area contributed by atoms with E-state index in [0.29, 0.717) is 17.7 Å². The van der Waals surface area contributed by atoms with Gasteiger partial charge < -0.3 is 15.5 Å². The fourth-order valence-electron chi connectivity index (χ4n) is 3.28. The molecule has 1 aromatic rings. The third-order valence-corrected chi connectivity index (χ3v) is 4.41. The highest BCUT2D eigenvalue weighted by atomic mass is 16.6. The van der Waals surface area contributed by atoms with E-state index < -0.39 is 4.92 Å². The van der Waals surface area contributed by atoms with E-state index in [0.717, 1.165) is 51.9 Å². The van der Waals surface area contributed by atoms with Crippen molar-refractivity contribution in [3.05, 3.63) is 10.1 Å². The van der Waals surface area contributed by atoms with E-state index in [1.165, 1.54) is 0 Å². The standard InChI is InChI=1S/C14H22N6O2/c1-10-5-4-8-19(9-10)13-11(20(21)22)12(15)16-14(17-13)18-6-2-3-7-18/h10H,2-9H2,1H3,(H2,15,16,17)/t10-/m0/s1. The van der Waals surface area contributed by atoms with Crippen molar-refractivity contribution in [3.63, 3.8) is 0 Å². The SMILES string of the molecule is C[C@H]1CCCN(c2nc(N3CCCC3)nc(N)c2[N+](=O)[O-])C1. The summed E-state index contributed by atoms with van der Waals surface area (Å²) in [7, 11) is 0. The first-order chi connectivity index (χ1) is 10.6. The molecule has 2 N–H and O–H groups in total. The smallest absolute Gasteiger partial charge is 0.353 e. The Morgan fingerprint density at radius 2 is 1.86 bits per heavy atom. The van der Waals surface area contributed by atoms with Crippen molar-refractivity contribution in [2.45, 2.75) is 32.6 Å². The quantitative estimate of drug-likeness (QED) is 0.671. The molecule has 2 fully saturated rings. The molecule has 0 aliphatic carbocycles. The molecule has 1 atom stereocenters. The van der Waals surface area contributed by atoms with Gasteiger partial charge in [0.25, 0.3) is 0 Å². The number of nitro groups is 1. The lowest BCUT2D eigenvalue weighted by Crippen LogP contribution is -2.36. The third kappa shape index (κ3) is 2.77. The van der Waals surface area contributed by atoms with Crippen LogP contribution in [0, 0.1) is 16.0 Å². The molecule has 3 rings (SSSR count). The minimum atomic E-state index is -0.461. The van der Waals surface area contributed by atoms with Gasteiger partial charge in [0.2, 0.25) is 17.6 Å². The topological polar surface area (TPSA) is 101 Å². The second kappa shape index (κ2) is 5.94. The Hall–Kier alpha value is -2.12. The number of nitrogens with zero attached hydrogens (tertiary/aromatic N) is 5. The minimum absolute atomic E-state index is 0.0323. The summed E-state index contributed by atoms with van der Waals surface area (Å²) in [4.78, 5) is 23.7. The third-order valence-electron chi connectivity index (χ3n) is 4.41. The van der Waals surface area contributed by atoms with Gasteiger partial charge in [-0.2, -0.15) is 9.97 Å². The highest BCUT2D eigenvalue weighted by Gasteiger charge is 2.31. The van der Waals surface area contributed by atoms with Gasteiger partial charge in [0, 0.05) is 26.2 Å². The summed E-state index contributed by atoms with van der Waals surface area (Å²) in [6, 6.07) is 0. The zero-order valence-corrected chi connectivity index (χ0v) is 12.9. The maximum atomic E-state index is 11.4. The fourth-order valence-corrected chi connectivity index (χ4v) is 3.28. The van der Waals surface area contributed by atoms with Gasteiger partial charge in [-0.05, 0) is 31.6 Å². The molecule has 3 heterocycles. The van der Waals surface area contributed by atoms with E-state index in [1.54, 1.807) is 0 Å². The van der Waals surface area contributed by atoms with Gasteiger partial charge in [-0.25, -0.2) is 0 Å². The summed E-state index contributed by atoms with van der Waals surface area (Å²) >= 11 is 0. The molecule has 22 heavy (non-hydrogen) atoms. The highest BCUT2D eigenvalue weighted by molar-refractivity contribution is 5.71. The molecule has 0 amide bonds. The van der Waals surface area contributed by atoms with E-state index in [4.69, 9.17) is 5.73 Å². The fraction of sp³-hybridized carbons (Fsp3) is 0.714. The van der Waals surface area contributed by atoms with Gasteiger partial charge in [0.15, 0.2) is 0 Å². The van der Waals surface area contributed by atoms with Crippen LogP contribution in [0.1, 0.15) is 32.6 Å². The van der Waals surface area contributed by atoms with Gasteiger partial charge in [-0.1, -0.05) is 6.92 Å². The first-order valence-corrected chi connectivity index (χ1v) is 7.88. The molecule has 0 unspecified atom stereocenters. The molecule has 0 aromatic carbocycles. The first-order valence-electron chi connectivity index (χ1n) is 7.88. The molecule has 0 radical (unpaired) electrons. The van der Waals surface area contributed by atoms with Crippen molar-refractivity contribution >= 4 is 23.3 Å². The summed E-state index contributed by atoms with van der Waals surface area (Å²) in [5, 5.41) is 11.4. The zero-order valence-electron chi connectivity index (χ0n) is 12.9. The first kappa shape index (κ1) is 14.8. The van der Waals surface area contributed by atoms with Gasteiger partial charge in [-0.15, -0.1) is 0 Å². The van der Waals surface area contributed by atoms with Crippen molar-refractivity contribution in [2.75, 3.05) is 41.7 Å². The Kier molecular flexibility index (Phi) is 4.00. The number of rotatable bonds is 3. The molecule has 8 nitrogen and oxygen atoms in total. The number of anilines is 3. The van der Waals surface area contributed by atoms with E-state index in [9.17, 15) is 10.1 Å². The molecule has 2 saturated heterocycles. The molecular formula is C14H22N6O2. The Bertz CT molecular complexity index is 573. The summed E-state index contributed by atoms with van der Waals surface area (Å²) in [6.07, 6.45) is 4.35. The number of nitrogen functional groups attached to an aromatic ring is 1. The van der Waals surface area contributed by atoms with E-state index in [-0.39, 0.29) is 11.5 Å². The average Bonchev–Trinajstić information content (AvgIpc) is 3.00. The predicted octanol–water partition coefficient (Wildman–Crippen LogP) is 1.80. The van der Waals surface area contributed by atoms with Crippen molar-refractivity contribution in [1.29, 1.82) is 0 Å². The Morgan fingerprint density at radius 3 is 2.50 bits per heavy atom. The molecule has 2 aliphatic rings. The number of hydrogen-bond acceptors (Lipinski definition) is 7. The Labute approximate surface area is 129 Å². The summed E-state index contributed by atoms with van der Waals surface area (Å²) in [5.41, 5.74) is 5.73. The Morgan fingerprint density at radius 1 is 1.18 bits per heavy atom. The van der Waals surface area contributed by atoms with E-state index >= 15 is 0 Å². The van der Waals surface area contributed by atoms with Gasteiger partial charge >= 0.3 is 5.69 Å². The van der Waals surface area contributed by atoms with Gasteiger partial charge in [0.05, 0.1) is 4.92 Å². The second-order valence-electron chi connectivity index (χ2n) is 6.23. The lowest BCUT2D eigenvalue weighted by Gasteiger charge is -2.32. The zero-order chi connectivity index (χ0) is 15.7.